The van der Waals surface area contributed by atoms with Gasteiger partial charge in [0.15, 0.2) is 0 Å². The van der Waals surface area contributed by atoms with E-state index in [1.807, 2.05) is 25.7 Å². The van der Waals surface area contributed by atoms with Gasteiger partial charge in [-0.25, -0.2) is 9.78 Å². The molecule has 1 unspecified atom stereocenters. The van der Waals surface area contributed by atoms with E-state index in [1.165, 1.54) is 0 Å². The van der Waals surface area contributed by atoms with E-state index in [0.29, 0.717) is 37.7 Å². The number of carbonyl (C=O) groups excluding carboxylic acids is 1. The van der Waals surface area contributed by atoms with Gasteiger partial charge >= 0.3 is 12.3 Å². The van der Waals surface area contributed by atoms with Crippen molar-refractivity contribution in [2.24, 2.45) is 5.41 Å². The summed E-state index contributed by atoms with van der Waals surface area (Å²) in [5, 5.41) is 0. The van der Waals surface area contributed by atoms with Crippen LogP contribution in [-0.4, -0.2) is 47.8 Å². The van der Waals surface area contributed by atoms with Crippen LogP contribution in [-0.2, 0) is 10.9 Å². The van der Waals surface area contributed by atoms with Crippen molar-refractivity contribution in [3.63, 3.8) is 0 Å². The summed E-state index contributed by atoms with van der Waals surface area (Å²) < 4.78 is 44.7. The third-order valence-electron chi connectivity index (χ3n) is 5.12. The van der Waals surface area contributed by atoms with Crippen molar-refractivity contribution >= 4 is 11.9 Å². The van der Waals surface area contributed by atoms with E-state index in [2.05, 4.69) is 4.98 Å². The zero-order chi connectivity index (χ0) is 20.0. The first-order valence-corrected chi connectivity index (χ1v) is 9.16. The van der Waals surface area contributed by atoms with Crippen molar-refractivity contribution in [3.05, 3.63) is 23.4 Å². The van der Waals surface area contributed by atoms with Crippen LogP contribution in [0.15, 0.2) is 12.1 Å². The van der Waals surface area contributed by atoms with Gasteiger partial charge in [0.2, 0.25) is 0 Å². The van der Waals surface area contributed by atoms with Crippen molar-refractivity contribution in [2.45, 2.75) is 52.3 Å². The summed E-state index contributed by atoms with van der Waals surface area (Å²) in [6, 6.07) is 2.18. The summed E-state index contributed by atoms with van der Waals surface area (Å²) in [6.07, 6.45) is -3.07. The van der Waals surface area contributed by atoms with Gasteiger partial charge in [-0.2, -0.15) is 13.2 Å². The molecule has 2 aliphatic heterocycles. The molecule has 0 aliphatic carbocycles. The van der Waals surface area contributed by atoms with Gasteiger partial charge in [0.05, 0.1) is 5.56 Å². The lowest BCUT2D eigenvalue weighted by Gasteiger charge is -2.27. The summed E-state index contributed by atoms with van der Waals surface area (Å²) in [5.41, 5.74) is -0.982. The fraction of sp³-hybridized carbons (Fsp3) is 0.684. The lowest BCUT2D eigenvalue weighted by atomic mass is 9.86. The van der Waals surface area contributed by atoms with Crippen LogP contribution < -0.4 is 4.90 Å². The highest BCUT2D eigenvalue weighted by molar-refractivity contribution is 5.68. The number of pyridine rings is 1. The van der Waals surface area contributed by atoms with E-state index >= 15 is 0 Å². The average Bonchev–Trinajstić information content (AvgIpc) is 3.12. The van der Waals surface area contributed by atoms with Crippen LogP contribution in [0, 0.1) is 12.3 Å². The number of ether oxygens (including phenoxy) is 1. The maximum Gasteiger partial charge on any atom is 0.416 e. The lowest BCUT2D eigenvalue weighted by Crippen LogP contribution is -2.37. The van der Waals surface area contributed by atoms with Gasteiger partial charge in [-0.3, -0.25) is 0 Å². The molecular formula is C19H26F3N3O2. The highest BCUT2D eigenvalue weighted by atomic mass is 19.4. The molecule has 0 radical (unpaired) electrons. The minimum atomic E-state index is -4.39. The Morgan fingerprint density at radius 1 is 1.15 bits per heavy atom. The molecule has 8 heteroatoms. The van der Waals surface area contributed by atoms with E-state index in [1.54, 1.807) is 11.8 Å². The van der Waals surface area contributed by atoms with Gasteiger partial charge in [-0.15, -0.1) is 0 Å². The summed E-state index contributed by atoms with van der Waals surface area (Å²) in [5.74, 6) is 0.356. The predicted octanol–water partition coefficient (Wildman–Crippen LogP) is 4.25. The molecule has 0 bridgehead atoms. The Hall–Kier alpha value is -1.99. The van der Waals surface area contributed by atoms with Crippen LogP contribution in [0.5, 0.6) is 0 Å². The van der Waals surface area contributed by atoms with Crippen molar-refractivity contribution in [3.8, 4) is 0 Å². The number of anilines is 1. The van der Waals surface area contributed by atoms with Crippen LogP contribution in [0.1, 0.15) is 44.9 Å². The highest BCUT2D eigenvalue weighted by Crippen LogP contribution is 2.42. The van der Waals surface area contributed by atoms with Gasteiger partial charge in [0.1, 0.15) is 11.4 Å². The van der Waals surface area contributed by atoms with E-state index in [4.69, 9.17) is 4.74 Å². The fourth-order valence-electron chi connectivity index (χ4n) is 3.86. The third-order valence-corrected chi connectivity index (χ3v) is 5.12. The van der Waals surface area contributed by atoms with Crippen molar-refractivity contribution in [1.29, 1.82) is 0 Å². The molecule has 150 valence electrons. The van der Waals surface area contributed by atoms with Crippen LogP contribution in [0.3, 0.4) is 0 Å². The molecule has 1 amide bonds. The monoisotopic (exact) mass is 385 g/mol. The number of alkyl halides is 3. The number of hydrogen-bond acceptors (Lipinski definition) is 4. The standard InChI is InChI=1S/C19H26F3N3O2/c1-13-9-14(19(20,21)22)10-15(23-13)24-7-5-18(11-24)6-8-25(12-18)16(26)27-17(2,3)4/h9-10H,5-8,11-12H2,1-4H3. The molecule has 0 saturated carbocycles. The Morgan fingerprint density at radius 2 is 1.81 bits per heavy atom. The third kappa shape index (κ3) is 4.47. The topological polar surface area (TPSA) is 45.7 Å². The minimum absolute atomic E-state index is 0.110. The van der Waals surface area contributed by atoms with Gasteiger partial charge in [0.25, 0.3) is 0 Å². The SMILES string of the molecule is Cc1cc(C(F)(F)F)cc(N2CCC3(CCN(C(=O)OC(C)(C)C)C3)C2)n1. The molecule has 1 spiro atoms. The first-order valence-electron chi connectivity index (χ1n) is 9.16. The first kappa shape index (κ1) is 19.8. The fourth-order valence-corrected chi connectivity index (χ4v) is 3.86. The number of hydrogen-bond donors (Lipinski definition) is 0. The predicted molar refractivity (Wildman–Crippen MR) is 95.7 cm³/mol. The Bertz CT molecular complexity index is 730. The quantitative estimate of drug-likeness (QED) is 0.725. The molecule has 3 rings (SSSR count). The summed E-state index contributed by atoms with van der Waals surface area (Å²) in [4.78, 5) is 20.2. The van der Waals surface area contributed by atoms with Crippen LogP contribution in [0.2, 0.25) is 0 Å². The summed E-state index contributed by atoms with van der Waals surface area (Å²) in [6.45, 7) is 9.47. The second-order valence-corrected chi connectivity index (χ2v) is 8.68. The number of nitrogens with zero attached hydrogens (tertiary/aromatic N) is 3. The van der Waals surface area contributed by atoms with Crippen molar-refractivity contribution < 1.29 is 22.7 Å². The number of carbonyl (C=O) groups is 1. The Kier molecular flexibility index (Phi) is 4.80. The zero-order valence-electron chi connectivity index (χ0n) is 16.2. The van der Waals surface area contributed by atoms with Gasteiger partial charge in [-0.05, 0) is 52.7 Å². The Morgan fingerprint density at radius 3 is 2.44 bits per heavy atom. The van der Waals surface area contributed by atoms with Gasteiger partial charge in [0, 0.05) is 37.3 Å². The maximum absolute atomic E-state index is 13.1. The summed E-state index contributed by atoms with van der Waals surface area (Å²) >= 11 is 0. The largest absolute Gasteiger partial charge is 0.444 e. The smallest absolute Gasteiger partial charge is 0.416 e. The second-order valence-electron chi connectivity index (χ2n) is 8.68. The van der Waals surface area contributed by atoms with Crippen LogP contribution in [0.4, 0.5) is 23.8 Å². The molecule has 27 heavy (non-hydrogen) atoms. The second kappa shape index (κ2) is 6.56. The molecule has 1 aromatic rings. The molecular weight excluding hydrogens is 359 g/mol. The first-order chi connectivity index (χ1) is 12.4. The number of halogens is 3. The molecule has 1 aromatic heterocycles. The van der Waals surface area contributed by atoms with E-state index in [-0.39, 0.29) is 11.5 Å². The molecule has 5 nitrogen and oxygen atoms in total. The number of likely N-dealkylation sites (tertiary alicyclic amines) is 1. The molecule has 2 aliphatic rings. The Balaban J connectivity index is 1.71. The van der Waals surface area contributed by atoms with Crippen LogP contribution >= 0.6 is 0 Å². The van der Waals surface area contributed by atoms with Gasteiger partial charge in [-0.1, -0.05) is 0 Å². The van der Waals surface area contributed by atoms with Gasteiger partial charge < -0.3 is 14.5 Å². The van der Waals surface area contributed by atoms with Crippen molar-refractivity contribution in [2.75, 3.05) is 31.1 Å². The average molecular weight is 385 g/mol. The number of amides is 1. The van der Waals surface area contributed by atoms with Crippen molar-refractivity contribution in [1.82, 2.24) is 9.88 Å². The Labute approximate surface area is 157 Å². The van der Waals surface area contributed by atoms with E-state index in [0.717, 1.165) is 25.0 Å². The molecule has 0 aromatic carbocycles. The van der Waals surface area contributed by atoms with E-state index in [9.17, 15) is 18.0 Å². The van der Waals surface area contributed by atoms with E-state index < -0.39 is 17.3 Å². The zero-order valence-corrected chi connectivity index (χ0v) is 16.2. The maximum atomic E-state index is 13.1. The number of aryl methyl sites for hydroxylation is 1. The number of rotatable bonds is 1. The van der Waals surface area contributed by atoms with Crippen LogP contribution in [0.25, 0.3) is 0 Å². The molecule has 3 heterocycles. The lowest BCUT2D eigenvalue weighted by molar-refractivity contribution is -0.137. The molecule has 2 fully saturated rings. The minimum Gasteiger partial charge on any atom is -0.444 e. The highest BCUT2D eigenvalue weighted by Gasteiger charge is 2.46. The number of aromatic nitrogens is 1. The normalized spacial score (nSPS) is 23.4. The molecule has 1 atom stereocenters. The molecule has 2 saturated heterocycles. The summed E-state index contributed by atoms with van der Waals surface area (Å²) in [7, 11) is 0. The molecule has 0 N–H and O–H groups in total.